The van der Waals surface area contributed by atoms with E-state index in [0.717, 1.165) is 10.4 Å². The number of amides is 1. The molecule has 1 atom stereocenters. The Kier molecular flexibility index (Phi) is 6.82. The minimum Gasteiger partial charge on any atom is -0.335 e. The molecule has 0 unspecified atom stereocenters. The second-order valence-corrected chi connectivity index (χ2v) is 10.1. The first-order valence-corrected chi connectivity index (χ1v) is 12.6. The van der Waals surface area contributed by atoms with Crippen molar-refractivity contribution >= 4 is 27.3 Å². The molecule has 1 saturated heterocycles. The average Bonchev–Trinajstić information content (AvgIpc) is 3.35. The van der Waals surface area contributed by atoms with Crippen molar-refractivity contribution < 1.29 is 13.2 Å². The standard InChI is InChI=1S/C23H25N3O3S2/c27-23(22-12-7-17-30-22)26-15-13-25(14-16-26)21(19-8-3-1-4-9-19)18-24-31(28,29)20-10-5-2-6-11-20/h1-12,17,21,24H,13-16,18H2/t21-/m0/s1. The van der Waals surface area contributed by atoms with Gasteiger partial charge in [0.15, 0.2) is 0 Å². The highest BCUT2D eigenvalue weighted by atomic mass is 32.2. The molecule has 2 heterocycles. The Bertz CT molecular complexity index is 1080. The molecular formula is C23H25N3O3S2. The van der Waals surface area contributed by atoms with Gasteiger partial charge < -0.3 is 4.90 Å². The Morgan fingerprint density at radius 2 is 1.55 bits per heavy atom. The number of benzene rings is 2. The van der Waals surface area contributed by atoms with Crippen LogP contribution in [0.1, 0.15) is 21.3 Å². The smallest absolute Gasteiger partial charge is 0.264 e. The summed E-state index contributed by atoms with van der Waals surface area (Å²) in [6, 6.07) is 21.9. The molecule has 8 heteroatoms. The molecule has 0 saturated carbocycles. The molecule has 1 aromatic heterocycles. The molecule has 1 fully saturated rings. The predicted octanol–water partition coefficient (Wildman–Crippen LogP) is 3.23. The zero-order valence-corrected chi connectivity index (χ0v) is 18.7. The third-order valence-corrected chi connectivity index (χ3v) is 7.78. The fourth-order valence-corrected chi connectivity index (χ4v) is 5.55. The molecule has 1 aliphatic heterocycles. The summed E-state index contributed by atoms with van der Waals surface area (Å²) in [7, 11) is -3.60. The van der Waals surface area contributed by atoms with E-state index in [1.807, 2.05) is 52.7 Å². The van der Waals surface area contributed by atoms with Gasteiger partial charge in [-0.25, -0.2) is 13.1 Å². The first-order valence-electron chi connectivity index (χ1n) is 10.2. The number of carbonyl (C=O) groups is 1. The van der Waals surface area contributed by atoms with E-state index in [-0.39, 0.29) is 23.4 Å². The minimum atomic E-state index is -3.60. The van der Waals surface area contributed by atoms with Crippen molar-refractivity contribution in [1.82, 2.24) is 14.5 Å². The van der Waals surface area contributed by atoms with Crippen molar-refractivity contribution in [1.29, 1.82) is 0 Å². The summed E-state index contributed by atoms with van der Waals surface area (Å²) in [5.41, 5.74) is 1.05. The van der Waals surface area contributed by atoms with Gasteiger partial charge in [0.05, 0.1) is 9.77 Å². The summed E-state index contributed by atoms with van der Waals surface area (Å²) in [4.78, 5) is 17.8. The normalized spacial score (nSPS) is 16.2. The van der Waals surface area contributed by atoms with Crippen LogP contribution >= 0.6 is 11.3 Å². The highest BCUT2D eigenvalue weighted by molar-refractivity contribution is 7.89. The Hall–Kier alpha value is -2.52. The molecule has 31 heavy (non-hydrogen) atoms. The Morgan fingerprint density at radius 1 is 0.903 bits per heavy atom. The Morgan fingerprint density at radius 3 is 2.16 bits per heavy atom. The van der Waals surface area contributed by atoms with Crippen molar-refractivity contribution in [2.45, 2.75) is 10.9 Å². The van der Waals surface area contributed by atoms with Crippen molar-refractivity contribution in [3.05, 3.63) is 88.6 Å². The number of hydrogen-bond donors (Lipinski definition) is 1. The van der Waals surface area contributed by atoms with Crippen LogP contribution in [0.3, 0.4) is 0 Å². The van der Waals surface area contributed by atoms with Crippen LogP contribution in [0.5, 0.6) is 0 Å². The summed E-state index contributed by atoms with van der Waals surface area (Å²) in [6.07, 6.45) is 0. The molecule has 162 valence electrons. The van der Waals surface area contributed by atoms with E-state index in [1.165, 1.54) is 11.3 Å². The van der Waals surface area contributed by atoms with Gasteiger partial charge in [-0.15, -0.1) is 11.3 Å². The Labute approximate surface area is 187 Å². The van der Waals surface area contributed by atoms with Crippen LogP contribution in [0.25, 0.3) is 0 Å². The predicted molar refractivity (Wildman–Crippen MR) is 123 cm³/mol. The zero-order valence-electron chi connectivity index (χ0n) is 17.1. The van der Waals surface area contributed by atoms with Gasteiger partial charge in [-0.1, -0.05) is 54.6 Å². The molecule has 1 N–H and O–H groups in total. The maximum absolute atomic E-state index is 12.7. The van der Waals surface area contributed by atoms with Gasteiger partial charge in [0.2, 0.25) is 10.0 Å². The SMILES string of the molecule is O=C(c1cccs1)N1CCN([C@@H](CNS(=O)(=O)c2ccccc2)c2ccccc2)CC1. The van der Waals surface area contributed by atoms with Crippen molar-refractivity contribution in [3.63, 3.8) is 0 Å². The summed E-state index contributed by atoms with van der Waals surface area (Å²) in [5, 5.41) is 1.91. The van der Waals surface area contributed by atoms with Gasteiger partial charge in [0, 0.05) is 38.8 Å². The number of sulfonamides is 1. The molecule has 0 bridgehead atoms. The second-order valence-electron chi connectivity index (χ2n) is 7.40. The van der Waals surface area contributed by atoms with E-state index in [9.17, 15) is 13.2 Å². The summed E-state index contributed by atoms with van der Waals surface area (Å²) in [5.74, 6) is 0.0655. The first-order chi connectivity index (χ1) is 15.0. The van der Waals surface area contributed by atoms with Crippen LogP contribution in [0.15, 0.2) is 83.1 Å². The van der Waals surface area contributed by atoms with Crippen LogP contribution in [-0.2, 0) is 10.0 Å². The fourth-order valence-electron chi connectivity index (χ4n) is 3.80. The lowest BCUT2D eigenvalue weighted by atomic mass is 10.0. The van der Waals surface area contributed by atoms with Crippen LogP contribution in [0, 0.1) is 0 Å². The molecule has 0 spiro atoms. The van der Waals surface area contributed by atoms with Crippen LogP contribution in [0.4, 0.5) is 0 Å². The third kappa shape index (κ3) is 5.22. The lowest BCUT2D eigenvalue weighted by Gasteiger charge is -2.39. The maximum Gasteiger partial charge on any atom is 0.264 e. The molecule has 0 aliphatic carbocycles. The quantitative estimate of drug-likeness (QED) is 0.594. The van der Waals surface area contributed by atoms with Gasteiger partial charge >= 0.3 is 0 Å². The van der Waals surface area contributed by atoms with Gasteiger partial charge in [0.1, 0.15) is 0 Å². The monoisotopic (exact) mass is 455 g/mol. The largest absolute Gasteiger partial charge is 0.335 e. The van der Waals surface area contributed by atoms with E-state index in [2.05, 4.69) is 9.62 Å². The van der Waals surface area contributed by atoms with Crippen molar-refractivity contribution in [2.24, 2.45) is 0 Å². The molecular weight excluding hydrogens is 430 g/mol. The number of piperazine rings is 1. The van der Waals surface area contributed by atoms with E-state index in [4.69, 9.17) is 0 Å². The topological polar surface area (TPSA) is 69.7 Å². The summed E-state index contributed by atoms with van der Waals surface area (Å²) < 4.78 is 28.3. The molecule has 2 aromatic carbocycles. The molecule has 1 amide bonds. The lowest BCUT2D eigenvalue weighted by Crippen LogP contribution is -2.51. The number of hydrogen-bond acceptors (Lipinski definition) is 5. The average molecular weight is 456 g/mol. The van der Waals surface area contributed by atoms with Crippen LogP contribution in [-0.4, -0.2) is 56.8 Å². The van der Waals surface area contributed by atoms with Gasteiger partial charge in [0.25, 0.3) is 5.91 Å². The fraction of sp³-hybridized carbons (Fsp3) is 0.261. The maximum atomic E-state index is 12.7. The highest BCUT2D eigenvalue weighted by Gasteiger charge is 2.29. The number of rotatable bonds is 7. The number of nitrogens with zero attached hydrogens (tertiary/aromatic N) is 2. The number of thiophene rings is 1. The number of nitrogens with one attached hydrogen (secondary N) is 1. The van der Waals surface area contributed by atoms with E-state index < -0.39 is 10.0 Å². The van der Waals surface area contributed by atoms with E-state index in [0.29, 0.717) is 26.2 Å². The van der Waals surface area contributed by atoms with Crippen LogP contribution < -0.4 is 4.72 Å². The minimum absolute atomic E-state index is 0.0655. The second kappa shape index (κ2) is 9.74. The molecule has 6 nitrogen and oxygen atoms in total. The van der Waals surface area contributed by atoms with Crippen LogP contribution in [0.2, 0.25) is 0 Å². The Balaban J connectivity index is 1.46. The lowest BCUT2D eigenvalue weighted by molar-refractivity contribution is 0.0575. The zero-order chi connectivity index (χ0) is 21.7. The van der Waals surface area contributed by atoms with Crippen molar-refractivity contribution in [3.8, 4) is 0 Å². The molecule has 3 aromatic rings. The summed E-state index contributed by atoms with van der Waals surface area (Å²) >= 11 is 1.46. The third-order valence-electron chi connectivity index (χ3n) is 5.48. The van der Waals surface area contributed by atoms with Crippen molar-refractivity contribution in [2.75, 3.05) is 32.7 Å². The molecule has 4 rings (SSSR count). The highest BCUT2D eigenvalue weighted by Crippen LogP contribution is 2.23. The van der Waals surface area contributed by atoms with Gasteiger partial charge in [-0.05, 0) is 29.1 Å². The molecule has 0 radical (unpaired) electrons. The number of carbonyl (C=O) groups excluding carboxylic acids is 1. The van der Waals surface area contributed by atoms with Gasteiger partial charge in [-0.3, -0.25) is 9.69 Å². The van der Waals surface area contributed by atoms with E-state index in [1.54, 1.807) is 30.3 Å². The van der Waals surface area contributed by atoms with E-state index >= 15 is 0 Å². The molecule has 1 aliphatic rings. The summed E-state index contributed by atoms with van der Waals surface area (Å²) in [6.45, 7) is 2.87. The first kappa shape index (κ1) is 21.7. The van der Waals surface area contributed by atoms with Gasteiger partial charge in [-0.2, -0.15) is 0 Å².